The lowest BCUT2D eigenvalue weighted by atomic mass is 9.92. The average Bonchev–Trinajstić information content (AvgIpc) is 2.48. The minimum atomic E-state index is 0.271. The van der Waals surface area contributed by atoms with Crippen LogP contribution in [0.15, 0.2) is 24.5 Å². The Kier molecular flexibility index (Phi) is 3.55. The lowest BCUT2D eigenvalue weighted by molar-refractivity contribution is 0.0605. The quantitative estimate of drug-likeness (QED) is 0.916. The molecule has 5 nitrogen and oxygen atoms in total. The maximum atomic E-state index is 5.55. The second-order valence-electron chi connectivity index (χ2n) is 4.91. The highest BCUT2D eigenvalue weighted by Crippen LogP contribution is 2.24. The molecular weight excluding hydrogens is 240 g/mol. The van der Waals surface area contributed by atoms with Gasteiger partial charge in [0.15, 0.2) is 5.65 Å². The van der Waals surface area contributed by atoms with E-state index in [2.05, 4.69) is 20.3 Å². The van der Waals surface area contributed by atoms with Gasteiger partial charge in [0.25, 0.3) is 0 Å². The summed E-state index contributed by atoms with van der Waals surface area (Å²) in [6.45, 7) is 0. The summed E-state index contributed by atoms with van der Waals surface area (Å²) in [6, 6.07) is 4.24. The number of anilines is 1. The summed E-state index contributed by atoms with van der Waals surface area (Å²) in [6.07, 6.45) is 8.34. The Morgan fingerprint density at radius 2 is 2.00 bits per heavy atom. The molecule has 0 amide bonds. The Morgan fingerprint density at radius 1 is 1.16 bits per heavy atom. The third-order valence-electron chi connectivity index (χ3n) is 3.67. The highest BCUT2D eigenvalue weighted by atomic mass is 16.5. The van der Waals surface area contributed by atoms with E-state index >= 15 is 0 Å². The zero-order chi connectivity index (χ0) is 13.1. The van der Waals surface area contributed by atoms with Gasteiger partial charge in [0.2, 0.25) is 0 Å². The van der Waals surface area contributed by atoms with E-state index in [0.29, 0.717) is 11.7 Å². The first-order valence-corrected chi connectivity index (χ1v) is 6.74. The van der Waals surface area contributed by atoms with Crippen LogP contribution >= 0.6 is 0 Å². The summed E-state index contributed by atoms with van der Waals surface area (Å²) >= 11 is 0. The van der Waals surface area contributed by atoms with Gasteiger partial charge < -0.3 is 10.1 Å². The topological polar surface area (TPSA) is 59.9 Å². The van der Waals surface area contributed by atoms with Crippen LogP contribution in [0, 0.1) is 0 Å². The molecule has 0 radical (unpaired) electrons. The van der Waals surface area contributed by atoms with Gasteiger partial charge in [-0.05, 0) is 25.0 Å². The van der Waals surface area contributed by atoms with Crippen molar-refractivity contribution in [3.63, 3.8) is 0 Å². The zero-order valence-electron chi connectivity index (χ0n) is 11.0. The van der Waals surface area contributed by atoms with Crippen molar-refractivity contribution in [1.29, 1.82) is 0 Å². The summed E-state index contributed by atoms with van der Waals surface area (Å²) in [5.41, 5.74) is 1.50. The molecule has 0 aromatic carbocycles. The standard InChI is InChI=1S/C14H18N4O/c1-19-12-5-3-2-4-10(12)17-13-7-6-11-14(18-13)16-9-8-15-11/h6-10,12H,2-5H2,1H3,(H,16,17,18)/t10-,12+/m0/s1. The predicted octanol–water partition coefficient (Wildman–Crippen LogP) is 2.39. The van der Waals surface area contributed by atoms with Gasteiger partial charge in [-0.15, -0.1) is 0 Å². The predicted molar refractivity (Wildman–Crippen MR) is 74.0 cm³/mol. The minimum absolute atomic E-state index is 0.271. The van der Waals surface area contributed by atoms with E-state index in [1.165, 1.54) is 12.8 Å². The van der Waals surface area contributed by atoms with Crippen LogP contribution < -0.4 is 5.32 Å². The Labute approximate surface area is 112 Å². The lowest BCUT2D eigenvalue weighted by Gasteiger charge is -2.31. The van der Waals surface area contributed by atoms with E-state index < -0.39 is 0 Å². The summed E-state index contributed by atoms with van der Waals surface area (Å²) in [4.78, 5) is 12.9. The van der Waals surface area contributed by atoms with Crippen molar-refractivity contribution in [1.82, 2.24) is 15.0 Å². The van der Waals surface area contributed by atoms with Crippen molar-refractivity contribution in [2.75, 3.05) is 12.4 Å². The fraction of sp³-hybridized carbons (Fsp3) is 0.500. The molecule has 1 N–H and O–H groups in total. The van der Waals surface area contributed by atoms with E-state index in [9.17, 15) is 0 Å². The summed E-state index contributed by atoms with van der Waals surface area (Å²) in [5, 5.41) is 3.47. The van der Waals surface area contributed by atoms with Crippen molar-refractivity contribution in [3.05, 3.63) is 24.5 Å². The number of pyridine rings is 1. The van der Waals surface area contributed by atoms with E-state index in [1.54, 1.807) is 19.5 Å². The molecule has 2 heterocycles. The third kappa shape index (κ3) is 2.66. The number of ether oxygens (including phenoxy) is 1. The van der Waals surface area contributed by atoms with Crippen LogP contribution in [0.3, 0.4) is 0 Å². The SMILES string of the molecule is CO[C@@H]1CCCC[C@@H]1Nc1ccc2nccnc2n1. The normalized spacial score (nSPS) is 23.4. The second kappa shape index (κ2) is 5.48. The van der Waals surface area contributed by atoms with Gasteiger partial charge in [0.1, 0.15) is 11.3 Å². The molecular formula is C14H18N4O. The van der Waals surface area contributed by atoms with Crippen LogP contribution in [0.25, 0.3) is 11.2 Å². The lowest BCUT2D eigenvalue weighted by Crippen LogP contribution is -2.38. The number of aromatic nitrogens is 3. The molecule has 100 valence electrons. The maximum Gasteiger partial charge on any atom is 0.180 e. The van der Waals surface area contributed by atoms with Crippen molar-refractivity contribution in [2.24, 2.45) is 0 Å². The highest BCUT2D eigenvalue weighted by molar-refractivity contribution is 5.71. The summed E-state index contributed by atoms with van der Waals surface area (Å²) in [7, 11) is 1.78. The molecule has 0 unspecified atom stereocenters. The molecule has 2 atom stereocenters. The molecule has 1 saturated carbocycles. The fourth-order valence-corrected chi connectivity index (χ4v) is 2.67. The molecule has 2 aromatic rings. The first-order valence-electron chi connectivity index (χ1n) is 6.74. The maximum absolute atomic E-state index is 5.55. The van der Waals surface area contributed by atoms with E-state index in [1.807, 2.05) is 12.1 Å². The number of nitrogens with zero attached hydrogens (tertiary/aromatic N) is 3. The zero-order valence-corrected chi connectivity index (χ0v) is 11.0. The summed E-state index contributed by atoms with van der Waals surface area (Å²) in [5.74, 6) is 0.849. The van der Waals surface area contributed by atoms with Crippen LogP contribution in [0.2, 0.25) is 0 Å². The molecule has 1 aliphatic rings. The van der Waals surface area contributed by atoms with Gasteiger partial charge in [0.05, 0.1) is 12.1 Å². The number of hydrogen-bond donors (Lipinski definition) is 1. The molecule has 0 aliphatic heterocycles. The molecule has 1 aliphatic carbocycles. The van der Waals surface area contributed by atoms with Crippen molar-refractivity contribution in [3.8, 4) is 0 Å². The molecule has 1 fully saturated rings. The minimum Gasteiger partial charge on any atom is -0.379 e. The molecule has 5 heteroatoms. The number of nitrogens with one attached hydrogen (secondary N) is 1. The van der Waals surface area contributed by atoms with Crippen molar-refractivity contribution < 1.29 is 4.74 Å². The Morgan fingerprint density at radius 3 is 2.89 bits per heavy atom. The van der Waals surface area contributed by atoms with E-state index in [0.717, 1.165) is 24.2 Å². The largest absolute Gasteiger partial charge is 0.379 e. The Hall–Kier alpha value is -1.75. The molecule has 19 heavy (non-hydrogen) atoms. The number of hydrogen-bond acceptors (Lipinski definition) is 5. The van der Waals surface area contributed by atoms with Gasteiger partial charge in [-0.2, -0.15) is 0 Å². The van der Waals surface area contributed by atoms with Crippen LogP contribution in [-0.2, 0) is 4.74 Å². The van der Waals surface area contributed by atoms with Crippen LogP contribution in [-0.4, -0.2) is 34.2 Å². The van der Waals surface area contributed by atoms with Crippen LogP contribution in [0.4, 0.5) is 5.82 Å². The monoisotopic (exact) mass is 258 g/mol. The van der Waals surface area contributed by atoms with Crippen LogP contribution in [0.5, 0.6) is 0 Å². The third-order valence-corrected chi connectivity index (χ3v) is 3.67. The Bertz CT molecular complexity index is 560. The number of methoxy groups -OCH3 is 1. The number of fused-ring (bicyclic) bond motifs is 1. The van der Waals surface area contributed by atoms with E-state index in [4.69, 9.17) is 4.74 Å². The van der Waals surface area contributed by atoms with E-state index in [-0.39, 0.29) is 6.10 Å². The van der Waals surface area contributed by atoms with Gasteiger partial charge in [0, 0.05) is 19.5 Å². The molecule has 0 saturated heterocycles. The first-order chi connectivity index (χ1) is 9.36. The molecule has 3 rings (SSSR count). The first kappa shape index (κ1) is 12.3. The highest BCUT2D eigenvalue weighted by Gasteiger charge is 2.24. The van der Waals surface area contributed by atoms with Crippen molar-refractivity contribution >= 4 is 17.0 Å². The Balaban J connectivity index is 1.80. The van der Waals surface area contributed by atoms with Gasteiger partial charge in [-0.3, -0.25) is 4.98 Å². The average molecular weight is 258 g/mol. The van der Waals surface area contributed by atoms with Gasteiger partial charge >= 0.3 is 0 Å². The van der Waals surface area contributed by atoms with Crippen LogP contribution in [0.1, 0.15) is 25.7 Å². The number of rotatable bonds is 3. The molecule has 0 spiro atoms. The fourth-order valence-electron chi connectivity index (χ4n) is 2.67. The smallest absolute Gasteiger partial charge is 0.180 e. The summed E-state index contributed by atoms with van der Waals surface area (Å²) < 4.78 is 5.55. The molecule has 0 bridgehead atoms. The second-order valence-corrected chi connectivity index (χ2v) is 4.91. The van der Waals surface area contributed by atoms with Gasteiger partial charge in [-0.25, -0.2) is 9.97 Å². The van der Waals surface area contributed by atoms with Gasteiger partial charge in [-0.1, -0.05) is 12.8 Å². The molecule has 2 aromatic heterocycles. The van der Waals surface area contributed by atoms with Crippen molar-refractivity contribution in [2.45, 2.75) is 37.8 Å².